The van der Waals surface area contributed by atoms with Gasteiger partial charge in [0.2, 0.25) is 5.91 Å². The Kier molecular flexibility index (Phi) is 5.50. The summed E-state index contributed by atoms with van der Waals surface area (Å²) in [6.07, 6.45) is 0. The number of hydrogen-bond donors (Lipinski definition) is 1. The van der Waals surface area contributed by atoms with Gasteiger partial charge in [0, 0.05) is 5.75 Å². The van der Waals surface area contributed by atoms with Crippen LogP contribution in [0.2, 0.25) is 0 Å². The first-order valence-corrected chi connectivity index (χ1v) is 9.16. The van der Waals surface area contributed by atoms with Crippen LogP contribution in [0.5, 0.6) is 5.75 Å². The number of primary amides is 1. The summed E-state index contributed by atoms with van der Waals surface area (Å²) in [5.41, 5.74) is 5.36. The van der Waals surface area contributed by atoms with Gasteiger partial charge in [-0.25, -0.2) is 0 Å². The van der Waals surface area contributed by atoms with E-state index in [1.165, 1.54) is 11.8 Å². The normalized spacial score (nSPS) is 10.7. The molecular weight excluding hydrogens is 344 g/mol. The second kappa shape index (κ2) is 7.98. The number of thioether (sulfide) groups is 1. The van der Waals surface area contributed by atoms with Crippen molar-refractivity contribution in [3.63, 3.8) is 0 Å². The first kappa shape index (κ1) is 16.5. The summed E-state index contributed by atoms with van der Waals surface area (Å²) in [7, 11) is 0. The number of rotatable bonds is 8. The molecule has 8 heteroatoms. The molecule has 2 N–H and O–H groups in total. The fraction of sp³-hybridized carbons (Fsp3) is 0.188. The van der Waals surface area contributed by atoms with Crippen molar-refractivity contribution in [2.75, 3.05) is 12.4 Å². The lowest BCUT2D eigenvalue weighted by Gasteiger charge is -2.08. The lowest BCUT2D eigenvalue weighted by atomic mass is 10.3. The predicted molar refractivity (Wildman–Crippen MR) is 95.2 cm³/mol. The third kappa shape index (κ3) is 4.15. The number of nitrogens with two attached hydrogens (primary N) is 1. The van der Waals surface area contributed by atoms with Crippen LogP contribution in [-0.2, 0) is 11.3 Å². The Hall–Kier alpha value is -2.32. The zero-order chi connectivity index (χ0) is 16.8. The van der Waals surface area contributed by atoms with E-state index in [0.717, 1.165) is 10.6 Å². The van der Waals surface area contributed by atoms with Crippen molar-refractivity contribution in [2.45, 2.75) is 11.7 Å². The lowest BCUT2D eigenvalue weighted by Crippen LogP contribution is -2.20. The summed E-state index contributed by atoms with van der Waals surface area (Å²) in [5, 5.41) is 11.0. The third-order valence-corrected chi connectivity index (χ3v) is 4.90. The molecule has 0 bridgehead atoms. The van der Waals surface area contributed by atoms with Crippen LogP contribution in [0.15, 0.2) is 53.0 Å². The SMILES string of the molecule is NC(=O)Cn1c(SCCOc2ccccc2)nnc1-c1cccs1. The molecule has 6 nitrogen and oxygen atoms in total. The summed E-state index contributed by atoms with van der Waals surface area (Å²) in [6.45, 7) is 0.592. The lowest BCUT2D eigenvalue weighted by molar-refractivity contribution is -0.118. The predicted octanol–water partition coefficient (Wildman–Crippen LogP) is 2.66. The molecule has 0 fully saturated rings. The van der Waals surface area contributed by atoms with E-state index in [9.17, 15) is 4.79 Å². The van der Waals surface area contributed by atoms with Crippen LogP contribution in [0.4, 0.5) is 0 Å². The summed E-state index contributed by atoms with van der Waals surface area (Å²) in [4.78, 5) is 12.3. The molecule has 0 aliphatic heterocycles. The molecule has 0 aliphatic carbocycles. The van der Waals surface area contributed by atoms with Crippen LogP contribution in [0.1, 0.15) is 0 Å². The number of thiophene rings is 1. The van der Waals surface area contributed by atoms with E-state index >= 15 is 0 Å². The number of para-hydroxylation sites is 1. The van der Waals surface area contributed by atoms with Crippen LogP contribution in [0, 0.1) is 0 Å². The monoisotopic (exact) mass is 360 g/mol. The topological polar surface area (TPSA) is 83.0 Å². The quantitative estimate of drug-likeness (QED) is 0.493. The Balaban J connectivity index is 1.65. The van der Waals surface area contributed by atoms with E-state index in [0.29, 0.717) is 23.3 Å². The van der Waals surface area contributed by atoms with Crippen LogP contribution in [0.25, 0.3) is 10.7 Å². The molecule has 1 aromatic carbocycles. The van der Waals surface area contributed by atoms with Crippen molar-refractivity contribution in [3.05, 3.63) is 47.8 Å². The van der Waals surface area contributed by atoms with Crippen molar-refractivity contribution in [2.24, 2.45) is 5.73 Å². The number of nitrogens with zero attached hydrogens (tertiary/aromatic N) is 3. The van der Waals surface area contributed by atoms with E-state index in [2.05, 4.69) is 10.2 Å². The maximum Gasteiger partial charge on any atom is 0.237 e. The minimum atomic E-state index is -0.421. The van der Waals surface area contributed by atoms with Crippen molar-refractivity contribution in [1.82, 2.24) is 14.8 Å². The highest BCUT2D eigenvalue weighted by atomic mass is 32.2. The number of benzene rings is 1. The highest BCUT2D eigenvalue weighted by Gasteiger charge is 2.16. The molecule has 0 aliphatic rings. The Bertz CT molecular complexity index is 788. The molecule has 1 amide bonds. The molecule has 24 heavy (non-hydrogen) atoms. The van der Waals surface area contributed by atoms with Gasteiger partial charge in [-0.1, -0.05) is 36.0 Å². The van der Waals surface area contributed by atoms with E-state index in [1.54, 1.807) is 15.9 Å². The molecule has 0 saturated carbocycles. The fourth-order valence-corrected chi connectivity index (χ4v) is 3.56. The summed E-state index contributed by atoms with van der Waals surface area (Å²) in [5.74, 6) is 1.76. The zero-order valence-corrected chi connectivity index (χ0v) is 14.4. The van der Waals surface area contributed by atoms with Gasteiger partial charge >= 0.3 is 0 Å². The smallest absolute Gasteiger partial charge is 0.237 e. The number of aromatic nitrogens is 3. The van der Waals surface area contributed by atoms with Crippen molar-refractivity contribution >= 4 is 29.0 Å². The second-order valence-electron chi connectivity index (χ2n) is 4.85. The first-order valence-electron chi connectivity index (χ1n) is 7.30. The minimum absolute atomic E-state index is 0.0576. The molecule has 0 saturated heterocycles. The van der Waals surface area contributed by atoms with Gasteiger partial charge in [-0.05, 0) is 23.6 Å². The van der Waals surface area contributed by atoms with Gasteiger partial charge in [0.05, 0.1) is 11.5 Å². The average molecular weight is 360 g/mol. The molecule has 124 valence electrons. The van der Waals surface area contributed by atoms with E-state index in [1.807, 2.05) is 47.8 Å². The zero-order valence-electron chi connectivity index (χ0n) is 12.8. The summed E-state index contributed by atoms with van der Waals surface area (Å²) < 4.78 is 7.41. The Labute approximate surface area is 147 Å². The van der Waals surface area contributed by atoms with Gasteiger partial charge in [0.15, 0.2) is 11.0 Å². The number of amides is 1. The van der Waals surface area contributed by atoms with Gasteiger partial charge in [-0.15, -0.1) is 21.5 Å². The van der Waals surface area contributed by atoms with Crippen LogP contribution >= 0.6 is 23.1 Å². The minimum Gasteiger partial charge on any atom is -0.493 e. The molecular formula is C16H16N4O2S2. The molecule has 2 aromatic heterocycles. The molecule has 0 radical (unpaired) electrons. The van der Waals surface area contributed by atoms with E-state index < -0.39 is 5.91 Å². The van der Waals surface area contributed by atoms with Gasteiger partial charge < -0.3 is 10.5 Å². The summed E-state index contributed by atoms with van der Waals surface area (Å²) in [6, 6.07) is 13.5. The standard InChI is InChI=1S/C16H16N4O2S2/c17-14(21)11-20-15(13-7-4-9-23-13)18-19-16(20)24-10-8-22-12-5-2-1-3-6-12/h1-7,9H,8,10-11H2,(H2,17,21). The van der Waals surface area contributed by atoms with Gasteiger partial charge in [0.1, 0.15) is 12.3 Å². The van der Waals surface area contributed by atoms with Gasteiger partial charge in [0.25, 0.3) is 0 Å². The molecule has 0 unspecified atom stereocenters. The largest absolute Gasteiger partial charge is 0.493 e. The van der Waals surface area contributed by atoms with Crippen molar-refractivity contribution < 1.29 is 9.53 Å². The third-order valence-electron chi connectivity index (χ3n) is 3.10. The van der Waals surface area contributed by atoms with Crippen LogP contribution in [0.3, 0.4) is 0 Å². The molecule has 0 atom stereocenters. The average Bonchev–Trinajstić information content (AvgIpc) is 3.22. The van der Waals surface area contributed by atoms with Crippen molar-refractivity contribution in [3.8, 4) is 16.5 Å². The number of ether oxygens (including phenoxy) is 1. The Morgan fingerprint density at radius 1 is 1.21 bits per heavy atom. The number of carbonyl (C=O) groups excluding carboxylic acids is 1. The highest BCUT2D eigenvalue weighted by Crippen LogP contribution is 2.27. The van der Waals surface area contributed by atoms with E-state index in [-0.39, 0.29) is 6.54 Å². The molecule has 2 heterocycles. The highest BCUT2D eigenvalue weighted by molar-refractivity contribution is 7.99. The number of carbonyl (C=O) groups is 1. The van der Waals surface area contributed by atoms with E-state index in [4.69, 9.17) is 10.5 Å². The first-order chi connectivity index (χ1) is 11.7. The number of hydrogen-bond acceptors (Lipinski definition) is 6. The molecule has 3 aromatic rings. The molecule has 3 rings (SSSR count). The maximum atomic E-state index is 11.4. The van der Waals surface area contributed by atoms with Crippen molar-refractivity contribution in [1.29, 1.82) is 0 Å². The maximum absolute atomic E-state index is 11.4. The Morgan fingerprint density at radius 2 is 2.04 bits per heavy atom. The van der Waals surface area contributed by atoms with Crippen LogP contribution in [-0.4, -0.2) is 33.0 Å². The Morgan fingerprint density at radius 3 is 2.75 bits per heavy atom. The summed E-state index contributed by atoms with van der Waals surface area (Å²) >= 11 is 3.03. The fourth-order valence-electron chi connectivity index (χ4n) is 2.09. The van der Waals surface area contributed by atoms with Crippen LogP contribution < -0.4 is 10.5 Å². The van der Waals surface area contributed by atoms with Gasteiger partial charge in [-0.2, -0.15) is 0 Å². The molecule has 0 spiro atoms. The second-order valence-corrected chi connectivity index (χ2v) is 6.86. The van der Waals surface area contributed by atoms with Gasteiger partial charge in [-0.3, -0.25) is 9.36 Å².